The molecule has 5 heteroatoms. The van der Waals surface area contributed by atoms with Gasteiger partial charge in [0, 0.05) is 18.6 Å². The van der Waals surface area contributed by atoms with Crippen molar-refractivity contribution in [2.75, 3.05) is 19.8 Å². The number of hydrogen-bond acceptors (Lipinski definition) is 5. The maximum atomic E-state index is 5.49. The molecule has 2 heterocycles. The van der Waals surface area contributed by atoms with Crippen molar-refractivity contribution in [3.63, 3.8) is 0 Å². The first-order valence-corrected chi connectivity index (χ1v) is 7.90. The molecule has 1 fully saturated rings. The van der Waals surface area contributed by atoms with Crippen LogP contribution in [-0.4, -0.2) is 35.9 Å². The van der Waals surface area contributed by atoms with Gasteiger partial charge in [-0.05, 0) is 32.2 Å². The summed E-state index contributed by atoms with van der Waals surface area (Å²) in [6.07, 6.45) is 4.38. The van der Waals surface area contributed by atoms with Crippen LogP contribution in [0.1, 0.15) is 70.0 Å². The summed E-state index contributed by atoms with van der Waals surface area (Å²) in [7, 11) is 0. The maximum Gasteiger partial charge on any atom is 0.231 e. The van der Waals surface area contributed by atoms with E-state index < -0.39 is 0 Å². The molecule has 1 aromatic heterocycles. The first-order chi connectivity index (χ1) is 9.76. The summed E-state index contributed by atoms with van der Waals surface area (Å²) >= 11 is 0. The summed E-state index contributed by atoms with van der Waals surface area (Å²) in [4.78, 5) is 4.61. The van der Waals surface area contributed by atoms with Gasteiger partial charge in [0.05, 0.1) is 12.5 Å². The SMILES string of the molecule is CCCNC(CC)C(C)c1nc(C2CCCOC2)no1. The molecule has 1 saturated heterocycles. The van der Waals surface area contributed by atoms with Crippen molar-refractivity contribution in [2.24, 2.45) is 0 Å². The van der Waals surface area contributed by atoms with Gasteiger partial charge in [0.15, 0.2) is 5.82 Å². The lowest BCUT2D eigenvalue weighted by molar-refractivity contribution is 0.0773. The molecule has 0 aromatic carbocycles. The largest absolute Gasteiger partial charge is 0.381 e. The highest BCUT2D eigenvalue weighted by molar-refractivity contribution is 5.02. The molecule has 0 aliphatic carbocycles. The summed E-state index contributed by atoms with van der Waals surface area (Å²) < 4.78 is 11.0. The van der Waals surface area contributed by atoms with Crippen LogP contribution in [0.4, 0.5) is 0 Å². The van der Waals surface area contributed by atoms with E-state index in [0.29, 0.717) is 12.0 Å². The van der Waals surface area contributed by atoms with Gasteiger partial charge in [-0.15, -0.1) is 0 Å². The zero-order chi connectivity index (χ0) is 14.4. The van der Waals surface area contributed by atoms with E-state index in [0.717, 1.165) is 57.2 Å². The van der Waals surface area contributed by atoms with Crippen molar-refractivity contribution in [3.8, 4) is 0 Å². The molecule has 0 radical (unpaired) electrons. The summed E-state index contributed by atoms with van der Waals surface area (Å²) in [5.41, 5.74) is 0. The Morgan fingerprint density at radius 2 is 2.25 bits per heavy atom. The van der Waals surface area contributed by atoms with Gasteiger partial charge in [-0.2, -0.15) is 4.98 Å². The molecule has 114 valence electrons. The fourth-order valence-electron chi connectivity index (χ4n) is 2.72. The molecular weight excluding hydrogens is 254 g/mol. The van der Waals surface area contributed by atoms with Crippen molar-refractivity contribution in [3.05, 3.63) is 11.7 Å². The molecule has 0 saturated carbocycles. The maximum absolute atomic E-state index is 5.49. The molecule has 0 spiro atoms. The van der Waals surface area contributed by atoms with E-state index in [1.165, 1.54) is 0 Å². The van der Waals surface area contributed by atoms with E-state index >= 15 is 0 Å². The first kappa shape index (κ1) is 15.4. The molecule has 1 aliphatic rings. The normalized spacial score (nSPS) is 22.6. The van der Waals surface area contributed by atoms with Gasteiger partial charge < -0.3 is 14.6 Å². The minimum absolute atomic E-state index is 0.248. The van der Waals surface area contributed by atoms with E-state index in [1.54, 1.807) is 0 Å². The van der Waals surface area contributed by atoms with Crippen molar-refractivity contribution in [1.29, 1.82) is 0 Å². The van der Waals surface area contributed by atoms with Gasteiger partial charge >= 0.3 is 0 Å². The van der Waals surface area contributed by atoms with Crippen LogP contribution in [0.15, 0.2) is 4.52 Å². The summed E-state index contributed by atoms with van der Waals surface area (Å²) in [5.74, 6) is 2.12. The molecule has 2 rings (SSSR count). The topological polar surface area (TPSA) is 60.2 Å². The first-order valence-electron chi connectivity index (χ1n) is 7.90. The zero-order valence-corrected chi connectivity index (χ0v) is 12.9. The van der Waals surface area contributed by atoms with Gasteiger partial charge in [-0.25, -0.2) is 0 Å². The number of rotatable bonds is 7. The van der Waals surface area contributed by atoms with E-state index in [-0.39, 0.29) is 5.92 Å². The standard InChI is InChI=1S/C15H27N3O2/c1-4-8-16-13(5-2)11(3)15-17-14(18-20-15)12-7-6-9-19-10-12/h11-13,16H,4-10H2,1-3H3. The lowest BCUT2D eigenvalue weighted by Crippen LogP contribution is -2.34. The Bertz CT molecular complexity index is 388. The van der Waals surface area contributed by atoms with Crippen molar-refractivity contribution < 1.29 is 9.26 Å². The third-order valence-electron chi connectivity index (χ3n) is 4.07. The highest BCUT2D eigenvalue weighted by atomic mass is 16.5. The summed E-state index contributed by atoms with van der Waals surface area (Å²) in [6, 6.07) is 0.394. The molecule has 1 N–H and O–H groups in total. The minimum atomic E-state index is 0.248. The van der Waals surface area contributed by atoms with Gasteiger partial charge in [-0.1, -0.05) is 25.9 Å². The lowest BCUT2D eigenvalue weighted by Gasteiger charge is -2.21. The van der Waals surface area contributed by atoms with E-state index in [1.807, 2.05) is 0 Å². The van der Waals surface area contributed by atoms with Crippen LogP contribution in [0.2, 0.25) is 0 Å². The molecule has 1 aromatic rings. The monoisotopic (exact) mass is 281 g/mol. The van der Waals surface area contributed by atoms with Gasteiger partial charge in [-0.3, -0.25) is 0 Å². The van der Waals surface area contributed by atoms with Gasteiger partial charge in [0.2, 0.25) is 5.89 Å². The van der Waals surface area contributed by atoms with Crippen LogP contribution in [0.3, 0.4) is 0 Å². The predicted molar refractivity (Wildman–Crippen MR) is 77.9 cm³/mol. The smallest absolute Gasteiger partial charge is 0.231 e. The highest BCUT2D eigenvalue weighted by Crippen LogP contribution is 2.26. The number of nitrogens with zero attached hydrogens (tertiary/aromatic N) is 2. The van der Waals surface area contributed by atoms with Gasteiger partial charge in [0.1, 0.15) is 0 Å². The molecule has 3 unspecified atom stereocenters. The minimum Gasteiger partial charge on any atom is -0.381 e. The highest BCUT2D eigenvalue weighted by Gasteiger charge is 2.26. The molecule has 0 amide bonds. The summed E-state index contributed by atoms with van der Waals surface area (Å²) in [5, 5.41) is 7.72. The van der Waals surface area contributed by atoms with Crippen LogP contribution >= 0.6 is 0 Å². The van der Waals surface area contributed by atoms with Crippen LogP contribution in [0.5, 0.6) is 0 Å². The molecule has 20 heavy (non-hydrogen) atoms. The van der Waals surface area contributed by atoms with E-state index in [9.17, 15) is 0 Å². The average Bonchev–Trinajstić information content (AvgIpc) is 2.98. The lowest BCUT2D eigenvalue weighted by atomic mass is 9.99. The number of nitrogens with one attached hydrogen (secondary N) is 1. The van der Waals surface area contributed by atoms with Gasteiger partial charge in [0.25, 0.3) is 0 Å². The summed E-state index contributed by atoms with van der Waals surface area (Å²) in [6.45, 7) is 9.13. The van der Waals surface area contributed by atoms with Crippen LogP contribution < -0.4 is 5.32 Å². The van der Waals surface area contributed by atoms with E-state index in [4.69, 9.17) is 9.26 Å². The Balaban J connectivity index is 1.98. The Morgan fingerprint density at radius 3 is 2.90 bits per heavy atom. The second-order valence-electron chi connectivity index (χ2n) is 5.66. The van der Waals surface area contributed by atoms with Crippen LogP contribution in [0.25, 0.3) is 0 Å². The van der Waals surface area contributed by atoms with E-state index in [2.05, 4.69) is 36.2 Å². The van der Waals surface area contributed by atoms with Crippen molar-refractivity contribution >= 4 is 0 Å². The Kier molecular flexibility index (Phi) is 5.98. The fourth-order valence-corrected chi connectivity index (χ4v) is 2.72. The van der Waals surface area contributed by atoms with Crippen molar-refractivity contribution in [1.82, 2.24) is 15.5 Å². The Hall–Kier alpha value is -0.940. The zero-order valence-electron chi connectivity index (χ0n) is 12.9. The quantitative estimate of drug-likeness (QED) is 0.832. The molecule has 0 bridgehead atoms. The third kappa shape index (κ3) is 3.79. The molecule has 1 aliphatic heterocycles. The Morgan fingerprint density at radius 1 is 1.40 bits per heavy atom. The van der Waals surface area contributed by atoms with Crippen LogP contribution in [-0.2, 0) is 4.74 Å². The average molecular weight is 281 g/mol. The van der Waals surface area contributed by atoms with Crippen LogP contribution in [0, 0.1) is 0 Å². The predicted octanol–water partition coefficient (Wildman–Crippen LogP) is 2.85. The molecule has 5 nitrogen and oxygen atoms in total. The fraction of sp³-hybridized carbons (Fsp3) is 0.867. The number of hydrogen-bond donors (Lipinski definition) is 1. The second-order valence-corrected chi connectivity index (χ2v) is 5.66. The number of ether oxygens (including phenoxy) is 1. The molecular formula is C15H27N3O2. The second kappa shape index (κ2) is 7.74. The Labute approximate surface area is 121 Å². The molecule has 3 atom stereocenters. The van der Waals surface area contributed by atoms with Crippen molar-refractivity contribution in [2.45, 2.75) is 64.3 Å². The third-order valence-corrected chi connectivity index (χ3v) is 4.07. The number of aromatic nitrogens is 2.